The van der Waals surface area contributed by atoms with Crippen LogP contribution in [0, 0.1) is 0 Å². The Hall–Kier alpha value is 0.400. The molecule has 1 rings (SSSR count). The largest absolute Gasteiger partial charge is 0.389 e. The normalized spacial score (nSPS) is 22.4. The Kier molecular flexibility index (Phi) is 3.66. The third-order valence-electron chi connectivity index (χ3n) is 1.15. The highest BCUT2D eigenvalue weighted by molar-refractivity contribution is 8.22. The van der Waals surface area contributed by atoms with Gasteiger partial charge in [-0.15, -0.1) is 23.5 Å². The number of rotatable bonds is 1. The van der Waals surface area contributed by atoms with Gasteiger partial charge in [0, 0.05) is 4.24 Å². The summed E-state index contributed by atoms with van der Waals surface area (Å²) in [7, 11) is 0. The predicted octanol–water partition coefficient (Wildman–Crippen LogP) is 2.08. The van der Waals surface area contributed by atoms with Crippen molar-refractivity contribution in [2.75, 3.05) is 11.5 Å². The van der Waals surface area contributed by atoms with Crippen LogP contribution in [0.4, 0.5) is 0 Å². The van der Waals surface area contributed by atoms with Gasteiger partial charge in [0.25, 0.3) is 0 Å². The Bertz CT molecular complexity index is 124. The lowest BCUT2D eigenvalue weighted by Gasteiger charge is -2.12. The maximum atomic E-state index is 9.00. The molecule has 1 nitrogen and oxygen atoms in total. The molecule has 0 unspecified atom stereocenters. The SMILES string of the molecule is C[C@H](O)C=C1SCCCS1. The van der Waals surface area contributed by atoms with Crippen LogP contribution in [-0.2, 0) is 0 Å². The standard InChI is InChI=1S/C7H12OS2/c1-6(8)5-7-9-3-2-4-10-7/h5-6,8H,2-4H2,1H3/t6-/m0/s1. The zero-order chi connectivity index (χ0) is 7.40. The lowest BCUT2D eigenvalue weighted by molar-refractivity contribution is 0.244. The maximum Gasteiger partial charge on any atom is 0.0711 e. The average molecular weight is 176 g/mol. The molecule has 0 aromatic carbocycles. The summed E-state index contributed by atoms with van der Waals surface area (Å²) in [6, 6.07) is 0. The van der Waals surface area contributed by atoms with E-state index in [2.05, 4.69) is 0 Å². The molecule has 0 amide bonds. The molecule has 1 N–H and O–H groups in total. The highest BCUT2D eigenvalue weighted by atomic mass is 32.2. The first-order chi connectivity index (χ1) is 4.79. The molecule has 1 saturated heterocycles. The van der Waals surface area contributed by atoms with Crippen molar-refractivity contribution in [3.63, 3.8) is 0 Å². The van der Waals surface area contributed by atoms with Crippen molar-refractivity contribution in [3.05, 3.63) is 10.3 Å². The molecule has 1 heterocycles. The molecule has 1 aliphatic rings. The topological polar surface area (TPSA) is 20.2 Å². The first kappa shape index (κ1) is 8.50. The van der Waals surface area contributed by atoms with Crippen molar-refractivity contribution in [3.8, 4) is 0 Å². The number of aliphatic hydroxyl groups excluding tert-OH is 1. The summed E-state index contributed by atoms with van der Waals surface area (Å²) in [4.78, 5) is 0. The lowest BCUT2D eigenvalue weighted by atomic mass is 10.4. The highest BCUT2D eigenvalue weighted by Crippen LogP contribution is 2.34. The summed E-state index contributed by atoms with van der Waals surface area (Å²) in [5.41, 5.74) is 0. The Morgan fingerprint density at radius 2 is 2.10 bits per heavy atom. The van der Waals surface area contributed by atoms with E-state index >= 15 is 0 Å². The number of hydrogen-bond donors (Lipinski definition) is 1. The Labute approximate surface area is 70.3 Å². The molecule has 0 radical (unpaired) electrons. The number of hydrogen-bond acceptors (Lipinski definition) is 3. The molecule has 1 atom stereocenters. The van der Waals surface area contributed by atoms with E-state index in [0.29, 0.717) is 0 Å². The van der Waals surface area contributed by atoms with Crippen molar-refractivity contribution in [1.82, 2.24) is 0 Å². The fourth-order valence-corrected chi connectivity index (χ4v) is 3.32. The molecule has 0 saturated carbocycles. The zero-order valence-corrected chi connectivity index (χ0v) is 7.67. The summed E-state index contributed by atoms with van der Waals surface area (Å²) < 4.78 is 1.29. The summed E-state index contributed by atoms with van der Waals surface area (Å²) >= 11 is 3.71. The van der Waals surface area contributed by atoms with Gasteiger partial charge < -0.3 is 5.11 Å². The Morgan fingerprint density at radius 3 is 2.60 bits per heavy atom. The minimum atomic E-state index is -0.284. The smallest absolute Gasteiger partial charge is 0.0711 e. The van der Waals surface area contributed by atoms with Crippen molar-refractivity contribution in [2.24, 2.45) is 0 Å². The summed E-state index contributed by atoms with van der Waals surface area (Å²) in [6.07, 6.45) is 2.94. The molecule has 0 aromatic rings. The fourth-order valence-electron chi connectivity index (χ4n) is 0.739. The minimum absolute atomic E-state index is 0.284. The highest BCUT2D eigenvalue weighted by Gasteiger charge is 2.06. The molecular formula is C7H12OS2. The van der Waals surface area contributed by atoms with E-state index in [-0.39, 0.29) is 6.10 Å². The predicted molar refractivity (Wildman–Crippen MR) is 49.3 cm³/mol. The van der Waals surface area contributed by atoms with Crippen molar-refractivity contribution < 1.29 is 5.11 Å². The third kappa shape index (κ3) is 2.99. The summed E-state index contributed by atoms with van der Waals surface area (Å²) in [5, 5.41) is 9.00. The van der Waals surface area contributed by atoms with Gasteiger partial charge in [0.15, 0.2) is 0 Å². The second kappa shape index (κ2) is 4.31. The van der Waals surface area contributed by atoms with Gasteiger partial charge in [-0.2, -0.15) is 0 Å². The fraction of sp³-hybridized carbons (Fsp3) is 0.714. The molecule has 3 heteroatoms. The van der Waals surface area contributed by atoms with Crippen LogP contribution in [0.2, 0.25) is 0 Å². The average Bonchev–Trinajstić information content (AvgIpc) is 1.88. The van der Waals surface area contributed by atoms with Gasteiger partial charge >= 0.3 is 0 Å². The molecule has 0 spiro atoms. The second-order valence-corrected chi connectivity index (χ2v) is 4.81. The minimum Gasteiger partial charge on any atom is -0.389 e. The lowest BCUT2D eigenvalue weighted by Crippen LogP contribution is -1.97. The maximum absolute atomic E-state index is 9.00. The Balaban J connectivity index is 2.37. The first-order valence-electron chi connectivity index (χ1n) is 3.44. The molecule has 0 bridgehead atoms. The molecule has 0 aromatic heterocycles. The van der Waals surface area contributed by atoms with Crippen molar-refractivity contribution >= 4 is 23.5 Å². The summed E-state index contributed by atoms with van der Waals surface area (Å²) in [5.74, 6) is 2.43. The van der Waals surface area contributed by atoms with Gasteiger partial charge in [-0.05, 0) is 30.9 Å². The van der Waals surface area contributed by atoms with Crippen LogP contribution in [0.3, 0.4) is 0 Å². The molecule has 10 heavy (non-hydrogen) atoms. The zero-order valence-electron chi connectivity index (χ0n) is 6.04. The van der Waals surface area contributed by atoms with Crippen molar-refractivity contribution in [1.29, 1.82) is 0 Å². The second-order valence-electron chi connectivity index (χ2n) is 2.28. The van der Waals surface area contributed by atoms with E-state index in [0.717, 1.165) is 0 Å². The van der Waals surface area contributed by atoms with E-state index in [1.165, 1.54) is 22.2 Å². The van der Waals surface area contributed by atoms with E-state index in [9.17, 15) is 0 Å². The van der Waals surface area contributed by atoms with Gasteiger partial charge in [-0.3, -0.25) is 0 Å². The van der Waals surface area contributed by atoms with E-state index in [4.69, 9.17) is 5.11 Å². The Morgan fingerprint density at radius 1 is 1.50 bits per heavy atom. The van der Waals surface area contributed by atoms with Crippen LogP contribution in [0.1, 0.15) is 13.3 Å². The van der Waals surface area contributed by atoms with E-state index < -0.39 is 0 Å². The summed E-state index contributed by atoms with van der Waals surface area (Å²) in [6.45, 7) is 1.79. The van der Waals surface area contributed by atoms with Crippen LogP contribution in [-0.4, -0.2) is 22.7 Å². The molecule has 0 aliphatic carbocycles. The van der Waals surface area contributed by atoms with Crippen molar-refractivity contribution in [2.45, 2.75) is 19.4 Å². The van der Waals surface area contributed by atoms with Gasteiger partial charge in [0.2, 0.25) is 0 Å². The molecule has 1 aliphatic heterocycles. The van der Waals surface area contributed by atoms with Crippen LogP contribution in [0.15, 0.2) is 10.3 Å². The van der Waals surface area contributed by atoms with Gasteiger partial charge in [-0.1, -0.05) is 0 Å². The van der Waals surface area contributed by atoms with Crippen LogP contribution >= 0.6 is 23.5 Å². The first-order valence-corrected chi connectivity index (χ1v) is 5.41. The monoisotopic (exact) mass is 176 g/mol. The van der Waals surface area contributed by atoms with Gasteiger partial charge in [0.1, 0.15) is 0 Å². The van der Waals surface area contributed by atoms with Gasteiger partial charge in [0.05, 0.1) is 6.10 Å². The molecular weight excluding hydrogens is 164 g/mol. The third-order valence-corrected chi connectivity index (χ3v) is 3.69. The molecule has 58 valence electrons. The van der Waals surface area contributed by atoms with Crippen LogP contribution < -0.4 is 0 Å². The quantitative estimate of drug-likeness (QED) is 0.660. The van der Waals surface area contributed by atoms with E-state index in [1.807, 2.05) is 29.6 Å². The molecule has 1 fully saturated rings. The van der Waals surface area contributed by atoms with Crippen LogP contribution in [0.5, 0.6) is 0 Å². The van der Waals surface area contributed by atoms with Crippen LogP contribution in [0.25, 0.3) is 0 Å². The van der Waals surface area contributed by atoms with E-state index in [1.54, 1.807) is 6.92 Å². The number of thioether (sulfide) groups is 2. The number of aliphatic hydroxyl groups is 1. The van der Waals surface area contributed by atoms with Gasteiger partial charge in [-0.25, -0.2) is 0 Å².